The maximum atomic E-state index is 12.0. The minimum atomic E-state index is 0.0536. The number of carbonyl (C=O) groups excluding carboxylic acids is 1. The summed E-state index contributed by atoms with van der Waals surface area (Å²) in [5.41, 5.74) is 2.28. The molecule has 1 N–H and O–H groups in total. The number of aryl methyl sites for hydroxylation is 1. The number of benzene rings is 2. The molecule has 110 valence electrons. The summed E-state index contributed by atoms with van der Waals surface area (Å²) in [6, 6.07) is 17.9. The molecule has 2 nitrogen and oxygen atoms in total. The molecular formula is C18H20ClNO. The minimum Gasteiger partial charge on any atom is -0.353 e. The number of halogens is 1. The van der Waals surface area contributed by atoms with E-state index in [0.717, 1.165) is 18.4 Å². The van der Waals surface area contributed by atoms with Crippen LogP contribution in [0.15, 0.2) is 54.6 Å². The van der Waals surface area contributed by atoms with Crippen LogP contribution in [0.5, 0.6) is 0 Å². The Bertz CT molecular complexity index is 566. The highest BCUT2D eigenvalue weighted by Crippen LogP contribution is 2.10. The molecule has 2 aromatic rings. The van der Waals surface area contributed by atoms with Crippen LogP contribution in [0.4, 0.5) is 0 Å². The van der Waals surface area contributed by atoms with Crippen molar-refractivity contribution in [1.82, 2.24) is 5.32 Å². The van der Waals surface area contributed by atoms with Crippen molar-refractivity contribution < 1.29 is 4.79 Å². The van der Waals surface area contributed by atoms with Crippen molar-refractivity contribution in [3.05, 3.63) is 70.7 Å². The Balaban J connectivity index is 1.75. The molecule has 1 atom stereocenters. The number of nitrogens with one attached hydrogen (secondary N) is 1. The first-order valence-electron chi connectivity index (χ1n) is 7.21. The predicted octanol–water partition coefficient (Wildman–Crippen LogP) is 4.02. The first kappa shape index (κ1) is 15.6. The third kappa shape index (κ3) is 5.60. The Hall–Kier alpha value is -1.80. The highest BCUT2D eigenvalue weighted by Gasteiger charge is 2.08. The van der Waals surface area contributed by atoms with Gasteiger partial charge in [-0.25, -0.2) is 0 Å². The fourth-order valence-corrected chi connectivity index (χ4v) is 2.34. The maximum absolute atomic E-state index is 12.0. The fourth-order valence-electron chi connectivity index (χ4n) is 2.21. The van der Waals surface area contributed by atoms with Gasteiger partial charge in [-0.15, -0.1) is 0 Å². The highest BCUT2D eigenvalue weighted by molar-refractivity contribution is 6.30. The van der Waals surface area contributed by atoms with Crippen molar-refractivity contribution in [2.24, 2.45) is 0 Å². The molecule has 0 aliphatic carbocycles. The largest absolute Gasteiger partial charge is 0.353 e. The van der Waals surface area contributed by atoms with Gasteiger partial charge in [-0.05, 0) is 43.0 Å². The van der Waals surface area contributed by atoms with E-state index in [2.05, 4.69) is 17.4 Å². The molecular weight excluding hydrogens is 282 g/mol. The molecule has 0 spiro atoms. The van der Waals surface area contributed by atoms with Gasteiger partial charge in [-0.2, -0.15) is 0 Å². The number of amides is 1. The van der Waals surface area contributed by atoms with Gasteiger partial charge in [0.2, 0.25) is 5.91 Å². The van der Waals surface area contributed by atoms with Crippen LogP contribution in [0, 0.1) is 0 Å². The zero-order chi connectivity index (χ0) is 15.1. The Kier molecular flexibility index (Phi) is 5.82. The third-order valence-electron chi connectivity index (χ3n) is 3.39. The van der Waals surface area contributed by atoms with E-state index in [-0.39, 0.29) is 11.9 Å². The van der Waals surface area contributed by atoms with Crippen LogP contribution in [0.1, 0.15) is 24.5 Å². The van der Waals surface area contributed by atoms with Gasteiger partial charge >= 0.3 is 0 Å². The molecule has 0 aromatic heterocycles. The summed E-state index contributed by atoms with van der Waals surface area (Å²) >= 11 is 5.83. The fraction of sp³-hybridized carbons (Fsp3) is 0.278. The van der Waals surface area contributed by atoms with Crippen LogP contribution >= 0.6 is 11.6 Å². The van der Waals surface area contributed by atoms with E-state index >= 15 is 0 Å². The lowest BCUT2D eigenvalue weighted by atomic mass is 10.1. The summed E-state index contributed by atoms with van der Waals surface area (Å²) in [5.74, 6) is 0.0536. The predicted molar refractivity (Wildman–Crippen MR) is 87.5 cm³/mol. The standard InChI is InChI=1S/C18H20ClNO/c1-14(7-8-15-5-3-2-4-6-15)20-18(21)13-16-9-11-17(19)12-10-16/h2-6,9-12,14H,7-8,13H2,1H3,(H,20,21). The van der Waals surface area contributed by atoms with Crippen LogP contribution in [0.25, 0.3) is 0 Å². The molecule has 1 amide bonds. The van der Waals surface area contributed by atoms with E-state index in [1.807, 2.05) is 49.4 Å². The van der Waals surface area contributed by atoms with Crippen molar-refractivity contribution in [3.63, 3.8) is 0 Å². The second kappa shape index (κ2) is 7.84. The number of hydrogen-bond donors (Lipinski definition) is 1. The van der Waals surface area contributed by atoms with E-state index in [1.54, 1.807) is 0 Å². The van der Waals surface area contributed by atoms with Gasteiger partial charge in [0, 0.05) is 11.1 Å². The van der Waals surface area contributed by atoms with Gasteiger partial charge in [-0.1, -0.05) is 54.1 Å². The summed E-state index contributed by atoms with van der Waals surface area (Å²) in [4.78, 5) is 12.0. The molecule has 1 unspecified atom stereocenters. The molecule has 0 saturated heterocycles. The van der Waals surface area contributed by atoms with Crippen LogP contribution in [0.3, 0.4) is 0 Å². The summed E-state index contributed by atoms with van der Waals surface area (Å²) in [6.45, 7) is 2.04. The molecule has 0 bridgehead atoms. The summed E-state index contributed by atoms with van der Waals surface area (Å²) in [6.07, 6.45) is 2.31. The van der Waals surface area contributed by atoms with Crippen LogP contribution in [-0.4, -0.2) is 11.9 Å². The van der Waals surface area contributed by atoms with Crippen LogP contribution < -0.4 is 5.32 Å². The molecule has 0 fully saturated rings. The van der Waals surface area contributed by atoms with Crippen molar-refractivity contribution in [3.8, 4) is 0 Å². The van der Waals surface area contributed by atoms with Crippen molar-refractivity contribution in [2.75, 3.05) is 0 Å². The Labute approximate surface area is 131 Å². The maximum Gasteiger partial charge on any atom is 0.224 e. The Morgan fingerprint density at radius 2 is 1.71 bits per heavy atom. The summed E-state index contributed by atoms with van der Waals surface area (Å²) < 4.78 is 0. The van der Waals surface area contributed by atoms with E-state index in [4.69, 9.17) is 11.6 Å². The molecule has 2 rings (SSSR count). The molecule has 3 heteroatoms. The van der Waals surface area contributed by atoms with Gasteiger partial charge < -0.3 is 5.32 Å². The van der Waals surface area contributed by atoms with Gasteiger partial charge in [0.05, 0.1) is 6.42 Å². The zero-order valence-electron chi connectivity index (χ0n) is 12.2. The lowest BCUT2D eigenvalue weighted by Crippen LogP contribution is -2.34. The van der Waals surface area contributed by atoms with Gasteiger partial charge in [0.25, 0.3) is 0 Å². The van der Waals surface area contributed by atoms with E-state index in [1.165, 1.54) is 5.56 Å². The average Bonchev–Trinajstić information content (AvgIpc) is 2.48. The number of rotatable bonds is 6. The Morgan fingerprint density at radius 1 is 1.05 bits per heavy atom. The topological polar surface area (TPSA) is 29.1 Å². The molecule has 21 heavy (non-hydrogen) atoms. The SMILES string of the molecule is CC(CCc1ccccc1)NC(=O)Cc1ccc(Cl)cc1. The molecule has 0 heterocycles. The Morgan fingerprint density at radius 3 is 2.38 bits per heavy atom. The second-order valence-electron chi connectivity index (χ2n) is 5.30. The van der Waals surface area contributed by atoms with Crippen LogP contribution in [0.2, 0.25) is 5.02 Å². The monoisotopic (exact) mass is 301 g/mol. The number of hydrogen-bond acceptors (Lipinski definition) is 1. The smallest absolute Gasteiger partial charge is 0.224 e. The molecule has 0 radical (unpaired) electrons. The lowest BCUT2D eigenvalue weighted by molar-refractivity contribution is -0.121. The first-order chi connectivity index (χ1) is 10.1. The van der Waals surface area contributed by atoms with Crippen LogP contribution in [-0.2, 0) is 17.6 Å². The minimum absolute atomic E-state index is 0.0536. The molecule has 0 saturated carbocycles. The van der Waals surface area contributed by atoms with E-state index < -0.39 is 0 Å². The van der Waals surface area contributed by atoms with Crippen molar-refractivity contribution >= 4 is 17.5 Å². The van der Waals surface area contributed by atoms with Gasteiger partial charge in [0.15, 0.2) is 0 Å². The summed E-state index contributed by atoms with van der Waals surface area (Å²) in [7, 11) is 0. The second-order valence-corrected chi connectivity index (χ2v) is 5.73. The molecule has 2 aromatic carbocycles. The lowest BCUT2D eigenvalue weighted by Gasteiger charge is -2.14. The van der Waals surface area contributed by atoms with Crippen molar-refractivity contribution in [2.45, 2.75) is 32.2 Å². The average molecular weight is 302 g/mol. The molecule has 0 aliphatic rings. The first-order valence-corrected chi connectivity index (χ1v) is 7.59. The van der Waals surface area contributed by atoms with Gasteiger partial charge in [-0.3, -0.25) is 4.79 Å². The van der Waals surface area contributed by atoms with Crippen molar-refractivity contribution in [1.29, 1.82) is 0 Å². The third-order valence-corrected chi connectivity index (χ3v) is 3.65. The quantitative estimate of drug-likeness (QED) is 0.858. The van der Waals surface area contributed by atoms with E-state index in [9.17, 15) is 4.79 Å². The highest BCUT2D eigenvalue weighted by atomic mass is 35.5. The zero-order valence-corrected chi connectivity index (χ0v) is 12.9. The molecule has 0 aliphatic heterocycles. The van der Waals surface area contributed by atoms with E-state index in [0.29, 0.717) is 11.4 Å². The normalized spacial score (nSPS) is 11.9. The number of carbonyl (C=O) groups is 1. The van der Waals surface area contributed by atoms with Gasteiger partial charge in [0.1, 0.15) is 0 Å². The summed E-state index contributed by atoms with van der Waals surface area (Å²) in [5, 5.41) is 3.73.